The standard InChI is InChI=1S/C11H23N3S/c1-9-6-12-10(15-7-9)13-8-11(2,3)14(4)5/h9H,6-8H2,1-5H3,(H,12,13). The zero-order valence-corrected chi connectivity index (χ0v) is 11.3. The number of hydrogen-bond donors (Lipinski definition) is 1. The molecule has 1 heterocycles. The van der Waals surface area contributed by atoms with Crippen LogP contribution in [-0.4, -0.2) is 48.5 Å². The monoisotopic (exact) mass is 229 g/mol. The van der Waals surface area contributed by atoms with Crippen LogP contribution in [0.5, 0.6) is 0 Å². The van der Waals surface area contributed by atoms with Crippen LogP contribution in [0.25, 0.3) is 0 Å². The van der Waals surface area contributed by atoms with Gasteiger partial charge in [-0.1, -0.05) is 18.7 Å². The molecule has 1 atom stereocenters. The lowest BCUT2D eigenvalue weighted by atomic mass is 10.1. The van der Waals surface area contributed by atoms with E-state index < -0.39 is 0 Å². The first-order chi connectivity index (χ1) is 6.92. The van der Waals surface area contributed by atoms with Gasteiger partial charge in [0.2, 0.25) is 0 Å². The number of hydrogen-bond acceptors (Lipinski definition) is 4. The molecule has 0 aromatic carbocycles. The van der Waals surface area contributed by atoms with Crippen molar-refractivity contribution >= 4 is 16.9 Å². The molecule has 15 heavy (non-hydrogen) atoms. The highest BCUT2D eigenvalue weighted by molar-refractivity contribution is 8.13. The van der Waals surface area contributed by atoms with E-state index in [1.54, 1.807) is 0 Å². The second-order valence-corrected chi connectivity index (χ2v) is 6.13. The van der Waals surface area contributed by atoms with E-state index in [2.05, 4.69) is 50.1 Å². The average molecular weight is 229 g/mol. The van der Waals surface area contributed by atoms with Crippen LogP contribution in [0, 0.1) is 5.92 Å². The fourth-order valence-electron chi connectivity index (χ4n) is 1.12. The number of amidine groups is 1. The Morgan fingerprint density at radius 2 is 2.20 bits per heavy atom. The molecule has 0 radical (unpaired) electrons. The van der Waals surface area contributed by atoms with Crippen molar-refractivity contribution in [2.24, 2.45) is 10.9 Å². The van der Waals surface area contributed by atoms with Crippen molar-refractivity contribution in [1.29, 1.82) is 0 Å². The van der Waals surface area contributed by atoms with Gasteiger partial charge < -0.3 is 10.2 Å². The van der Waals surface area contributed by atoms with Crippen molar-refractivity contribution in [3.05, 3.63) is 0 Å². The summed E-state index contributed by atoms with van der Waals surface area (Å²) in [6, 6.07) is 0. The second-order valence-electron chi connectivity index (χ2n) is 5.12. The normalized spacial score (nSPS) is 22.8. The fourth-order valence-corrected chi connectivity index (χ4v) is 2.00. The SMILES string of the molecule is CC1CN=C(NCC(C)(C)N(C)C)SC1. The molecule has 1 unspecified atom stereocenters. The minimum atomic E-state index is 0.173. The van der Waals surface area contributed by atoms with E-state index >= 15 is 0 Å². The molecule has 0 bridgehead atoms. The maximum absolute atomic E-state index is 4.52. The molecule has 1 rings (SSSR count). The molecule has 0 spiro atoms. The highest BCUT2D eigenvalue weighted by atomic mass is 32.2. The van der Waals surface area contributed by atoms with E-state index in [-0.39, 0.29) is 5.54 Å². The van der Waals surface area contributed by atoms with Crippen LogP contribution in [-0.2, 0) is 0 Å². The van der Waals surface area contributed by atoms with Crippen molar-refractivity contribution in [2.45, 2.75) is 26.3 Å². The second kappa shape index (κ2) is 5.21. The number of likely N-dealkylation sites (N-methyl/N-ethyl adjacent to an activating group) is 1. The Kier molecular flexibility index (Phi) is 4.46. The highest BCUT2D eigenvalue weighted by Crippen LogP contribution is 2.16. The molecule has 0 aromatic heterocycles. The van der Waals surface area contributed by atoms with E-state index in [1.807, 2.05) is 11.8 Å². The average Bonchev–Trinajstić information content (AvgIpc) is 2.17. The summed E-state index contributed by atoms with van der Waals surface area (Å²) in [5, 5.41) is 4.55. The van der Waals surface area contributed by atoms with Crippen molar-refractivity contribution in [2.75, 3.05) is 32.9 Å². The summed E-state index contributed by atoms with van der Waals surface area (Å²) in [5.74, 6) is 1.91. The number of thioether (sulfide) groups is 1. The number of aliphatic imine (C=N–C) groups is 1. The van der Waals surface area contributed by atoms with Crippen LogP contribution in [0.1, 0.15) is 20.8 Å². The first kappa shape index (κ1) is 12.8. The summed E-state index contributed by atoms with van der Waals surface area (Å²) in [7, 11) is 4.22. The van der Waals surface area contributed by atoms with Crippen LogP contribution in [0.15, 0.2) is 4.99 Å². The minimum absolute atomic E-state index is 0.173. The van der Waals surface area contributed by atoms with Gasteiger partial charge in [-0.25, -0.2) is 0 Å². The van der Waals surface area contributed by atoms with Crippen molar-refractivity contribution in [3.8, 4) is 0 Å². The molecular formula is C11H23N3S. The third-order valence-corrected chi connectivity index (χ3v) is 4.22. The van der Waals surface area contributed by atoms with E-state index in [9.17, 15) is 0 Å². The Morgan fingerprint density at radius 3 is 2.67 bits per heavy atom. The molecule has 0 saturated heterocycles. The summed E-state index contributed by atoms with van der Waals surface area (Å²) >= 11 is 1.84. The highest BCUT2D eigenvalue weighted by Gasteiger charge is 2.21. The Labute approximate surface area is 97.7 Å². The summed E-state index contributed by atoms with van der Waals surface area (Å²) in [5.41, 5.74) is 0.173. The lowest BCUT2D eigenvalue weighted by Gasteiger charge is -2.33. The zero-order chi connectivity index (χ0) is 11.5. The Bertz CT molecular complexity index is 236. The van der Waals surface area contributed by atoms with Gasteiger partial charge in [-0.05, 0) is 33.9 Å². The van der Waals surface area contributed by atoms with Crippen molar-refractivity contribution in [1.82, 2.24) is 10.2 Å². The number of rotatable bonds is 3. The maximum Gasteiger partial charge on any atom is 0.156 e. The predicted octanol–water partition coefficient (Wildman–Crippen LogP) is 1.66. The van der Waals surface area contributed by atoms with Crippen molar-refractivity contribution < 1.29 is 0 Å². The van der Waals surface area contributed by atoms with Crippen LogP contribution < -0.4 is 5.32 Å². The van der Waals surface area contributed by atoms with Gasteiger partial charge in [0.05, 0.1) is 0 Å². The fraction of sp³-hybridized carbons (Fsp3) is 0.909. The Balaban J connectivity index is 2.37. The molecule has 1 aliphatic rings. The molecule has 4 heteroatoms. The summed E-state index contributed by atoms with van der Waals surface area (Å²) in [6.07, 6.45) is 0. The van der Waals surface area contributed by atoms with Gasteiger partial charge in [0.1, 0.15) is 0 Å². The van der Waals surface area contributed by atoms with Gasteiger partial charge in [-0.2, -0.15) is 0 Å². The summed E-state index contributed by atoms with van der Waals surface area (Å²) in [4.78, 5) is 6.76. The summed E-state index contributed by atoms with van der Waals surface area (Å²) < 4.78 is 0. The molecule has 0 fully saturated rings. The van der Waals surface area contributed by atoms with E-state index in [0.29, 0.717) is 0 Å². The first-order valence-electron chi connectivity index (χ1n) is 5.50. The first-order valence-corrected chi connectivity index (χ1v) is 6.49. The summed E-state index contributed by atoms with van der Waals surface area (Å²) in [6.45, 7) is 8.63. The van der Waals surface area contributed by atoms with Gasteiger partial charge >= 0.3 is 0 Å². The van der Waals surface area contributed by atoms with Gasteiger partial charge in [-0.3, -0.25) is 4.99 Å². The molecule has 1 N–H and O–H groups in total. The van der Waals surface area contributed by atoms with Gasteiger partial charge in [-0.15, -0.1) is 0 Å². The molecule has 0 aliphatic carbocycles. The van der Waals surface area contributed by atoms with Crippen LogP contribution in [0.4, 0.5) is 0 Å². The van der Waals surface area contributed by atoms with E-state index in [0.717, 1.165) is 24.2 Å². The largest absolute Gasteiger partial charge is 0.363 e. The smallest absolute Gasteiger partial charge is 0.156 e. The lowest BCUT2D eigenvalue weighted by Crippen LogP contribution is -2.48. The van der Waals surface area contributed by atoms with Crippen LogP contribution in [0.3, 0.4) is 0 Å². The predicted molar refractivity (Wildman–Crippen MR) is 69.7 cm³/mol. The third kappa shape index (κ3) is 4.03. The van der Waals surface area contributed by atoms with Gasteiger partial charge in [0.15, 0.2) is 5.17 Å². The third-order valence-electron chi connectivity index (χ3n) is 2.93. The number of nitrogens with zero attached hydrogens (tertiary/aromatic N) is 2. The maximum atomic E-state index is 4.52. The van der Waals surface area contributed by atoms with E-state index in [4.69, 9.17) is 0 Å². The van der Waals surface area contributed by atoms with Crippen molar-refractivity contribution in [3.63, 3.8) is 0 Å². The molecule has 0 amide bonds. The number of nitrogens with one attached hydrogen (secondary N) is 1. The lowest BCUT2D eigenvalue weighted by molar-refractivity contribution is 0.198. The molecule has 0 saturated carbocycles. The van der Waals surface area contributed by atoms with E-state index in [1.165, 1.54) is 5.75 Å². The Morgan fingerprint density at radius 1 is 1.53 bits per heavy atom. The van der Waals surface area contributed by atoms with Gasteiger partial charge in [0.25, 0.3) is 0 Å². The quantitative estimate of drug-likeness (QED) is 0.797. The molecular weight excluding hydrogens is 206 g/mol. The minimum Gasteiger partial charge on any atom is -0.363 e. The molecule has 1 aliphatic heterocycles. The Hall–Kier alpha value is -0.220. The van der Waals surface area contributed by atoms with Gasteiger partial charge in [0, 0.05) is 24.4 Å². The topological polar surface area (TPSA) is 27.6 Å². The molecule has 3 nitrogen and oxygen atoms in total. The molecule has 0 aromatic rings. The zero-order valence-electron chi connectivity index (χ0n) is 10.5. The molecule has 88 valence electrons. The van der Waals surface area contributed by atoms with Crippen LogP contribution >= 0.6 is 11.8 Å². The van der Waals surface area contributed by atoms with Crippen LogP contribution in [0.2, 0.25) is 0 Å².